The molecule has 2 saturated carbocycles. The molecule has 2 amide bonds. The molecule has 2 N–H and O–H groups in total. The van der Waals surface area contributed by atoms with Crippen LogP contribution in [0.15, 0.2) is 30.3 Å². The Morgan fingerprint density at radius 2 is 1.72 bits per heavy atom. The lowest BCUT2D eigenvalue weighted by Gasteiger charge is -2.49. The number of ether oxygens (including phenoxy) is 1. The lowest BCUT2D eigenvalue weighted by molar-refractivity contribution is -0.149. The van der Waals surface area contributed by atoms with Crippen LogP contribution < -0.4 is 10.6 Å². The molecule has 2 aliphatic carbocycles. The molecule has 0 aromatic heterocycles. The van der Waals surface area contributed by atoms with Crippen LogP contribution in [0.5, 0.6) is 0 Å². The molecule has 0 unspecified atom stereocenters. The fourth-order valence-electron chi connectivity index (χ4n) is 6.24. The van der Waals surface area contributed by atoms with Crippen LogP contribution in [0.3, 0.4) is 0 Å². The normalized spacial score (nSPS) is 33.0. The van der Waals surface area contributed by atoms with E-state index in [0.29, 0.717) is 6.54 Å². The SMILES string of the molecule is CN(C)C(=O)C12CC(CNC(=O)C3(c4ccccc4)CC3)(C1)OC21CCNCC1. The summed E-state index contributed by atoms with van der Waals surface area (Å²) in [6.45, 7) is 2.25. The number of benzene rings is 1. The predicted octanol–water partition coefficient (Wildman–Crippen LogP) is 1.59. The minimum atomic E-state index is -0.431. The molecule has 29 heavy (non-hydrogen) atoms. The molecule has 6 nitrogen and oxygen atoms in total. The number of amides is 2. The van der Waals surface area contributed by atoms with Gasteiger partial charge in [-0.15, -0.1) is 0 Å². The van der Waals surface area contributed by atoms with E-state index in [-0.39, 0.29) is 22.8 Å². The summed E-state index contributed by atoms with van der Waals surface area (Å²) in [5, 5.41) is 6.60. The highest BCUT2D eigenvalue weighted by Crippen LogP contribution is 2.69. The van der Waals surface area contributed by atoms with E-state index in [1.165, 1.54) is 0 Å². The largest absolute Gasteiger partial charge is 0.365 e. The number of carbonyl (C=O) groups is 2. The summed E-state index contributed by atoms with van der Waals surface area (Å²) in [7, 11) is 3.67. The van der Waals surface area contributed by atoms with E-state index >= 15 is 0 Å². The van der Waals surface area contributed by atoms with Gasteiger partial charge < -0.3 is 20.3 Å². The van der Waals surface area contributed by atoms with Crippen molar-refractivity contribution in [1.29, 1.82) is 0 Å². The summed E-state index contributed by atoms with van der Waals surface area (Å²) in [6, 6.07) is 10.1. The van der Waals surface area contributed by atoms with Gasteiger partial charge in [0, 0.05) is 20.6 Å². The molecule has 156 valence electrons. The zero-order valence-corrected chi connectivity index (χ0v) is 17.4. The van der Waals surface area contributed by atoms with Crippen molar-refractivity contribution in [3.05, 3.63) is 35.9 Å². The number of hydrogen-bond donors (Lipinski definition) is 2. The molecule has 1 aromatic rings. The Bertz CT molecular complexity index is 819. The molecule has 6 rings (SSSR count). The number of hydrogen-bond acceptors (Lipinski definition) is 4. The second-order valence-electron chi connectivity index (χ2n) is 9.80. The van der Waals surface area contributed by atoms with E-state index in [9.17, 15) is 9.59 Å². The number of carbonyl (C=O) groups excluding carboxylic acids is 2. The molecule has 3 saturated heterocycles. The molecule has 5 fully saturated rings. The lowest BCUT2D eigenvalue weighted by Crippen LogP contribution is -2.61. The van der Waals surface area contributed by atoms with E-state index in [0.717, 1.165) is 57.2 Å². The topological polar surface area (TPSA) is 70.7 Å². The molecule has 3 aliphatic heterocycles. The number of piperidine rings is 1. The van der Waals surface area contributed by atoms with Gasteiger partial charge in [0.1, 0.15) is 0 Å². The Hall–Kier alpha value is -1.92. The Morgan fingerprint density at radius 3 is 2.31 bits per heavy atom. The first-order valence-electron chi connectivity index (χ1n) is 10.8. The van der Waals surface area contributed by atoms with E-state index in [4.69, 9.17) is 4.74 Å². The maximum atomic E-state index is 13.2. The average Bonchev–Trinajstić information content (AvgIpc) is 3.43. The minimum Gasteiger partial charge on any atom is -0.365 e. The Morgan fingerprint density at radius 1 is 1.07 bits per heavy atom. The van der Waals surface area contributed by atoms with Crippen molar-refractivity contribution in [3.8, 4) is 0 Å². The number of nitrogens with one attached hydrogen (secondary N) is 2. The van der Waals surface area contributed by atoms with Crippen LogP contribution in [0.2, 0.25) is 0 Å². The predicted molar refractivity (Wildman–Crippen MR) is 109 cm³/mol. The summed E-state index contributed by atoms with van der Waals surface area (Å²) < 4.78 is 6.71. The minimum absolute atomic E-state index is 0.101. The molecule has 0 atom stereocenters. The maximum absolute atomic E-state index is 13.2. The second-order valence-corrected chi connectivity index (χ2v) is 9.80. The van der Waals surface area contributed by atoms with Crippen molar-refractivity contribution in [2.75, 3.05) is 33.7 Å². The smallest absolute Gasteiger partial charge is 0.231 e. The van der Waals surface area contributed by atoms with Gasteiger partial charge in [0.05, 0.1) is 22.0 Å². The third-order valence-corrected chi connectivity index (χ3v) is 7.84. The highest BCUT2D eigenvalue weighted by Gasteiger charge is 2.77. The summed E-state index contributed by atoms with van der Waals surface area (Å²) in [6.07, 6.45) is 4.95. The van der Waals surface area contributed by atoms with Gasteiger partial charge in [-0.1, -0.05) is 30.3 Å². The van der Waals surface area contributed by atoms with Crippen molar-refractivity contribution in [2.24, 2.45) is 5.41 Å². The molecule has 0 radical (unpaired) electrons. The van der Waals surface area contributed by atoms with Gasteiger partial charge in [0.2, 0.25) is 11.8 Å². The van der Waals surface area contributed by atoms with Gasteiger partial charge in [0.15, 0.2) is 0 Å². The van der Waals surface area contributed by atoms with Gasteiger partial charge in [-0.2, -0.15) is 0 Å². The summed E-state index contributed by atoms with van der Waals surface area (Å²) >= 11 is 0. The first-order chi connectivity index (χ1) is 13.9. The molecule has 1 aromatic carbocycles. The van der Waals surface area contributed by atoms with E-state index in [1.807, 2.05) is 44.4 Å². The van der Waals surface area contributed by atoms with Crippen LogP contribution in [0, 0.1) is 5.41 Å². The van der Waals surface area contributed by atoms with Gasteiger partial charge >= 0.3 is 0 Å². The first kappa shape index (κ1) is 19.1. The third-order valence-electron chi connectivity index (χ3n) is 7.84. The quantitative estimate of drug-likeness (QED) is 0.792. The Balaban J connectivity index is 1.32. The molecule has 1 spiro atoms. The summed E-state index contributed by atoms with van der Waals surface area (Å²) in [4.78, 5) is 28.0. The van der Waals surface area contributed by atoms with E-state index in [2.05, 4.69) is 10.6 Å². The average molecular weight is 398 g/mol. The summed E-state index contributed by atoms with van der Waals surface area (Å²) in [5.41, 5.74) is -0.488. The highest BCUT2D eigenvalue weighted by atomic mass is 16.5. The summed E-state index contributed by atoms with van der Waals surface area (Å²) in [5.74, 6) is 0.283. The van der Waals surface area contributed by atoms with Crippen molar-refractivity contribution in [3.63, 3.8) is 0 Å². The van der Waals surface area contributed by atoms with Crippen molar-refractivity contribution in [2.45, 2.75) is 55.1 Å². The first-order valence-corrected chi connectivity index (χ1v) is 10.8. The zero-order chi connectivity index (χ0) is 20.3. The fourth-order valence-corrected chi connectivity index (χ4v) is 6.24. The fraction of sp³-hybridized carbons (Fsp3) is 0.652. The van der Waals surface area contributed by atoms with Crippen LogP contribution in [-0.4, -0.2) is 61.6 Å². The number of nitrogens with zero attached hydrogens (tertiary/aromatic N) is 1. The Labute approximate surface area is 172 Å². The van der Waals surface area contributed by atoms with Crippen LogP contribution in [0.1, 0.15) is 44.1 Å². The van der Waals surface area contributed by atoms with Gasteiger partial charge in [-0.25, -0.2) is 0 Å². The lowest BCUT2D eigenvalue weighted by atomic mass is 9.53. The van der Waals surface area contributed by atoms with Crippen LogP contribution in [-0.2, 0) is 19.7 Å². The zero-order valence-electron chi connectivity index (χ0n) is 17.4. The van der Waals surface area contributed by atoms with Crippen LogP contribution >= 0.6 is 0 Å². The maximum Gasteiger partial charge on any atom is 0.231 e. The standard InChI is InChI=1S/C23H31N3O3/c1-26(2)19(28)22-14-20(15-22,29-23(22)10-12-24-13-11-23)16-25-18(27)21(8-9-21)17-6-4-3-5-7-17/h3-7,24H,8-16H2,1-2H3,(H,25,27). The van der Waals surface area contributed by atoms with Crippen molar-refractivity contribution < 1.29 is 14.3 Å². The van der Waals surface area contributed by atoms with Crippen LogP contribution in [0.4, 0.5) is 0 Å². The number of rotatable bonds is 5. The van der Waals surface area contributed by atoms with Crippen molar-refractivity contribution >= 4 is 11.8 Å². The monoisotopic (exact) mass is 397 g/mol. The van der Waals surface area contributed by atoms with Crippen molar-refractivity contribution in [1.82, 2.24) is 15.5 Å². The highest BCUT2D eigenvalue weighted by molar-refractivity contribution is 5.91. The molecule has 3 heterocycles. The second kappa shape index (κ2) is 6.29. The van der Waals surface area contributed by atoms with E-state index in [1.54, 1.807) is 4.90 Å². The molecular weight excluding hydrogens is 366 g/mol. The molecule has 2 bridgehead atoms. The van der Waals surface area contributed by atoms with Gasteiger partial charge in [-0.3, -0.25) is 9.59 Å². The molecule has 6 heteroatoms. The Kier molecular flexibility index (Phi) is 4.13. The van der Waals surface area contributed by atoms with Gasteiger partial charge in [0.25, 0.3) is 0 Å². The van der Waals surface area contributed by atoms with Gasteiger partial charge in [-0.05, 0) is 57.2 Å². The third kappa shape index (κ3) is 2.61. The van der Waals surface area contributed by atoms with E-state index < -0.39 is 11.0 Å². The van der Waals surface area contributed by atoms with Crippen LogP contribution in [0.25, 0.3) is 0 Å². The molecular formula is C23H31N3O3. The molecule has 5 aliphatic rings.